The van der Waals surface area contributed by atoms with Gasteiger partial charge in [0.25, 0.3) is 0 Å². The van der Waals surface area contributed by atoms with E-state index in [2.05, 4.69) is 10.2 Å². The largest absolute Gasteiger partial charge is 0.392 e. The van der Waals surface area contributed by atoms with Gasteiger partial charge in [0.1, 0.15) is 0 Å². The summed E-state index contributed by atoms with van der Waals surface area (Å²) >= 11 is 0. The molecule has 0 aromatic rings. The third-order valence-corrected chi connectivity index (χ3v) is 4.97. The maximum Gasteiger partial charge on any atom is 0.239 e. The fourth-order valence-electron chi connectivity index (χ4n) is 3.81. The molecular formula is C15H27N3O2. The van der Waals surface area contributed by atoms with Crippen molar-refractivity contribution in [3.8, 4) is 0 Å². The Kier molecular flexibility index (Phi) is 4.58. The number of β-amino-alcohol motifs (C(OH)–C–C–N with tert-alkyl or cyclic N) is 1. The Balaban J connectivity index is 1.45. The van der Waals surface area contributed by atoms with Crippen LogP contribution >= 0.6 is 0 Å². The van der Waals surface area contributed by atoms with E-state index in [1.54, 1.807) is 0 Å². The van der Waals surface area contributed by atoms with Gasteiger partial charge >= 0.3 is 0 Å². The van der Waals surface area contributed by atoms with Gasteiger partial charge < -0.3 is 20.2 Å². The second-order valence-electron chi connectivity index (χ2n) is 6.65. The predicted octanol–water partition coefficient (Wildman–Crippen LogP) is 0.0436. The molecule has 2 N–H and O–H groups in total. The molecule has 3 atom stereocenters. The molecule has 0 saturated carbocycles. The average molecular weight is 281 g/mol. The Hall–Kier alpha value is -0.650. The number of aliphatic hydroxyl groups excluding tert-OH is 1. The van der Waals surface area contributed by atoms with E-state index in [1.165, 1.54) is 32.4 Å². The van der Waals surface area contributed by atoms with Crippen molar-refractivity contribution in [1.82, 2.24) is 15.1 Å². The smallest absolute Gasteiger partial charge is 0.239 e. The SMILES string of the molecule is O=C(C1CC(O)CN1)N1CCC(CN2CCCCC2)C1. The van der Waals surface area contributed by atoms with Gasteiger partial charge in [-0.05, 0) is 44.7 Å². The van der Waals surface area contributed by atoms with Crippen LogP contribution in [-0.4, -0.2) is 72.2 Å². The summed E-state index contributed by atoms with van der Waals surface area (Å²) in [6.45, 7) is 5.99. The number of carbonyl (C=O) groups is 1. The molecule has 3 heterocycles. The number of nitrogens with zero attached hydrogens (tertiary/aromatic N) is 2. The van der Waals surface area contributed by atoms with Crippen LogP contribution in [0.3, 0.4) is 0 Å². The van der Waals surface area contributed by atoms with Gasteiger partial charge in [-0.1, -0.05) is 6.42 Å². The maximum atomic E-state index is 12.4. The zero-order valence-electron chi connectivity index (χ0n) is 12.3. The highest BCUT2D eigenvalue weighted by Crippen LogP contribution is 2.21. The van der Waals surface area contributed by atoms with Crippen molar-refractivity contribution < 1.29 is 9.90 Å². The molecule has 0 radical (unpaired) electrons. The molecule has 0 bridgehead atoms. The predicted molar refractivity (Wildman–Crippen MR) is 77.4 cm³/mol. The number of amides is 1. The maximum absolute atomic E-state index is 12.4. The second kappa shape index (κ2) is 6.41. The van der Waals surface area contributed by atoms with Crippen molar-refractivity contribution in [2.75, 3.05) is 39.3 Å². The summed E-state index contributed by atoms with van der Waals surface area (Å²) in [5.74, 6) is 0.839. The van der Waals surface area contributed by atoms with Gasteiger partial charge in [-0.2, -0.15) is 0 Å². The molecule has 0 spiro atoms. The lowest BCUT2D eigenvalue weighted by atomic mass is 10.1. The normalized spacial score (nSPS) is 35.6. The number of nitrogens with one attached hydrogen (secondary N) is 1. The van der Waals surface area contributed by atoms with Crippen molar-refractivity contribution in [2.45, 2.75) is 44.2 Å². The van der Waals surface area contributed by atoms with E-state index in [0.717, 1.165) is 26.1 Å². The summed E-state index contributed by atoms with van der Waals surface area (Å²) in [4.78, 5) is 16.9. The zero-order chi connectivity index (χ0) is 13.9. The van der Waals surface area contributed by atoms with E-state index in [-0.39, 0.29) is 18.1 Å². The monoisotopic (exact) mass is 281 g/mol. The molecule has 114 valence electrons. The number of hydrogen-bond acceptors (Lipinski definition) is 4. The second-order valence-corrected chi connectivity index (χ2v) is 6.65. The molecule has 3 aliphatic heterocycles. The van der Waals surface area contributed by atoms with Gasteiger partial charge in [-0.15, -0.1) is 0 Å². The first-order valence-corrected chi connectivity index (χ1v) is 8.15. The Bertz CT molecular complexity index is 344. The fraction of sp³-hybridized carbons (Fsp3) is 0.933. The summed E-state index contributed by atoms with van der Waals surface area (Å²) in [6, 6.07) is -0.154. The van der Waals surface area contributed by atoms with Crippen LogP contribution in [0.15, 0.2) is 0 Å². The van der Waals surface area contributed by atoms with Crippen molar-refractivity contribution in [1.29, 1.82) is 0 Å². The van der Waals surface area contributed by atoms with Crippen molar-refractivity contribution >= 4 is 5.91 Å². The third-order valence-electron chi connectivity index (χ3n) is 4.97. The molecule has 3 saturated heterocycles. The summed E-state index contributed by atoms with van der Waals surface area (Å²) in [5, 5.41) is 12.6. The molecule has 5 nitrogen and oxygen atoms in total. The van der Waals surface area contributed by atoms with Crippen LogP contribution < -0.4 is 5.32 Å². The quantitative estimate of drug-likeness (QED) is 0.767. The van der Waals surface area contributed by atoms with Crippen LogP contribution in [0.1, 0.15) is 32.1 Å². The minimum absolute atomic E-state index is 0.154. The highest BCUT2D eigenvalue weighted by Gasteiger charge is 2.35. The van der Waals surface area contributed by atoms with Gasteiger partial charge in [0.2, 0.25) is 5.91 Å². The first-order chi connectivity index (χ1) is 9.72. The molecule has 3 aliphatic rings. The number of hydrogen-bond donors (Lipinski definition) is 2. The number of piperidine rings is 1. The standard InChI is InChI=1S/C15H27N3O2/c19-13-8-14(16-9-13)15(20)18-7-4-12(11-18)10-17-5-2-1-3-6-17/h12-14,16,19H,1-11H2. The Morgan fingerprint density at radius 2 is 2.00 bits per heavy atom. The van der Waals surface area contributed by atoms with Crippen molar-refractivity contribution in [3.05, 3.63) is 0 Å². The van der Waals surface area contributed by atoms with E-state index < -0.39 is 0 Å². The Morgan fingerprint density at radius 1 is 1.20 bits per heavy atom. The topological polar surface area (TPSA) is 55.8 Å². The van der Waals surface area contributed by atoms with Crippen LogP contribution in [0.5, 0.6) is 0 Å². The van der Waals surface area contributed by atoms with Gasteiger partial charge in [0, 0.05) is 26.2 Å². The molecular weight excluding hydrogens is 254 g/mol. The molecule has 20 heavy (non-hydrogen) atoms. The highest BCUT2D eigenvalue weighted by molar-refractivity contribution is 5.82. The van der Waals surface area contributed by atoms with E-state index in [1.807, 2.05) is 4.90 Å². The Labute approximate surface area is 121 Å². The molecule has 0 aliphatic carbocycles. The lowest BCUT2D eigenvalue weighted by Crippen LogP contribution is -2.43. The Morgan fingerprint density at radius 3 is 2.70 bits per heavy atom. The lowest BCUT2D eigenvalue weighted by molar-refractivity contribution is -0.132. The highest BCUT2D eigenvalue weighted by atomic mass is 16.3. The summed E-state index contributed by atoms with van der Waals surface area (Å²) < 4.78 is 0. The molecule has 3 rings (SSSR count). The van der Waals surface area contributed by atoms with Crippen LogP contribution in [-0.2, 0) is 4.79 Å². The van der Waals surface area contributed by atoms with Crippen LogP contribution in [0.4, 0.5) is 0 Å². The average Bonchev–Trinajstić information content (AvgIpc) is 3.08. The van der Waals surface area contributed by atoms with Crippen LogP contribution in [0, 0.1) is 5.92 Å². The summed E-state index contributed by atoms with van der Waals surface area (Å²) in [5.41, 5.74) is 0. The summed E-state index contributed by atoms with van der Waals surface area (Å²) in [7, 11) is 0. The van der Waals surface area contributed by atoms with Crippen LogP contribution in [0.2, 0.25) is 0 Å². The van der Waals surface area contributed by atoms with Crippen molar-refractivity contribution in [2.24, 2.45) is 5.92 Å². The van der Waals surface area contributed by atoms with Crippen molar-refractivity contribution in [3.63, 3.8) is 0 Å². The fourth-order valence-corrected chi connectivity index (χ4v) is 3.81. The first-order valence-electron chi connectivity index (χ1n) is 8.15. The molecule has 1 amide bonds. The van der Waals surface area contributed by atoms with E-state index in [9.17, 15) is 9.90 Å². The molecule has 0 aromatic heterocycles. The number of carbonyl (C=O) groups excluding carboxylic acids is 1. The zero-order valence-corrected chi connectivity index (χ0v) is 12.3. The van der Waals surface area contributed by atoms with Gasteiger partial charge in [0.05, 0.1) is 12.1 Å². The minimum atomic E-state index is -0.351. The van der Waals surface area contributed by atoms with Gasteiger partial charge in [-0.3, -0.25) is 4.79 Å². The van der Waals surface area contributed by atoms with Gasteiger partial charge in [-0.25, -0.2) is 0 Å². The number of rotatable bonds is 3. The third kappa shape index (κ3) is 3.32. The van der Waals surface area contributed by atoms with E-state index >= 15 is 0 Å². The molecule has 3 unspecified atom stereocenters. The molecule has 3 fully saturated rings. The van der Waals surface area contributed by atoms with Crippen LogP contribution in [0.25, 0.3) is 0 Å². The number of likely N-dealkylation sites (tertiary alicyclic amines) is 2. The van der Waals surface area contributed by atoms with E-state index in [4.69, 9.17) is 0 Å². The summed E-state index contributed by atoms with van der Waals surface area (Å²) in [6.07, 6.45) is 5.40. The molecule has 5 heteroatoms. The van der Waals surface area contributed by atoms with Gasteiger partial charge in [0.15, 0.2) is 0 Å². The lowest BCUT2D eigenvalue weighted by Gasteiger charge is -2.29. The first kappa shape index (κ1) is 14.3. The molecule has 0 aromatic carbocycles. The van der Waals surface area contributed by atoms with E-state index in [0.29, 0.717) is 18.9 Å². The minimum Gasteiger partial charge on any atom is -0.392 e. The number of aliphatic hydroxyl groups is 1.